The second-order valence-electron chi connectivity index (χ2n) is 6.41. The van der Waals surface area contributed by atoms with E-state index in [-0.39, 0.29) is 24.2 Å². The number of benzene rings is 2. The molecule has 1 aliphatic heterocycles. The highest BCUT2D eigenvalue weighted by Gasteiger charge is 2.36. The topological polar surface area (TPSA) is 40.6 Å². The summed E-state index contributed by atoms with van der Waals surface area (Å²) in [7, 11) is 1.76. The molecule has 1 atom stereocenters. The fraction of sp³-hybridized carbons (Fsp3) is 0.300. The van der Waals surface area contributed by atoms with Crippen molar-refractivity contribution in [1.29, 1.82) is 0 Å². The third-order valence-electron chi connectivity index (χ3n) is 4.75. The fourth-order valence-electron chi connectivity index (χ4n) is 3.07. The molecule has 0 aromatic heterocycles. The summed E-state index contributed by atoms with van der Waals surface area (Å²) in [4.78, 5) is 28.5. The molecule has 0 bridgehead atoms. The molecule has 1 unspecified atom stereocenters. The summed E-state index contributed by atoms with van der Waals surface area (Å²) in [5, 5.41) is 0. The van der Waals surface area contributed by atoms with Crippen LogP contribution in [0.5, 0.6) is 0 Å². The number of hydrogen-bond donors (Lipinski definition) is 0. The van der Waals surface area contributed by atoms with Gasteiger partial charge in [-0.3, -0.25) is 9.59 Å². The molecule has 124 valence electrons. The van der Waals surface area contributed by atoms with Crippen LogP contribution in [0.4, 0.5) is 11.4 Å². The van der Waals surface area contributed by atoms with Crippen molar-refractivity contribution in [2.45, 2.75) is 20.3 Å². The molecule has 4 heteroatoms. The molecule has 1 fully saturated rings. The molecule has 3 rings (SSSR count). The highest BCUT2D eigenvalue weighted by atomic mass is 16.2. The van der Waals surface area contributed by atoms with Gasteiger partial charge in [-0.25, -0.2) is 0 Å². The van der Waals surface area contributed by atoms with Crippen LogP contribution in [0, 0.1) is 19.8 Å². The van der Waals surface area contributed by atoms with Crippen molar-refractivity contribution in [2.24, 2.45) is 5.92 Å². The number of nitrogens with zero attached hydrogens (tertiary/aromatic N) is 2. The zero-order valence-electron chi connectivity index (χ0n) is 14.3. The van der Waals surface area contributed by atoms with Crippen LogP contribution in [-0.2, 0) is 9.59 Å². The van der Waals surface area contributed by atoms with Gasteiger partial charge in [-0.2, -0.15) is 0 Å². The lowest BCUT2D eigenvalue weighted by Gasteiger charge is -2.22. The van der Waals surface area contributed by atoms with E-state index in [1.165, 1.54) is 5.56 Å². The van der Waals surface area contributed by atoms with Crippen LogP contribution in [-0.4, -0.2) is 25.4 Å². The molecule has 2 aromatic carbocycles. The van der Waals surface area contributed by atoms with Gasteiger partial charge in [0.25, 0.3) is 0 Å². The number of carbonyl (C=O) groups excluding carboxylic acids is 2. The Morgan fingerprint density at radius 1 is 1.08 bits per heavy atom. The Morgan fingerprint density at radius 3 is 2.46 bits per heavy atom. The number of amides is 2. The van der Waals surface area contributed by atoms with Gasteiger partial charge in [-0.05, 0) is 49.2 Å². The van der Waals surface area contributed by atoms with Crippen molar-refractivity contribution < 1.29 is 9.59 Å². The van der Waals surface area contributed by atoms with Gasteiger partial charge in [0.2, 0.25) is 11.8 Å². The first-order chi connectivity index (χ1) is 11.5. The zero-order valence-corrected chi connectivity index (χ0v) is 14.3. The van der Waals surface area contributed by atoms with Crippen molar-refractivity contribution in [2.75, 3.05) is 23.4 Å². The molecule has 0 spiro atoms. The lowest BCUT2D eigenvalue weighted by atomic mass is 10.1. The molecule has 24 heavy (non-hydrogen) atoms. The van der Waals surface area contributed by atoms with Gasteiger partial charge in [0.05, 0.1) is 5.92 Å². The maximum Gasteiger partial charge on any atom is 0.232 e. The smallest absolute Gasteiger partial charge is 0.232 e. The quantitative estimate of drug-likeness (QED) is 0.870. The van der Waals surface area contributed by atoms with E-state index in [4.69, 9.17) is 0 Å². The van der Waals surface area contributed by atoms with Crippen LogP contribution < -0.4 is 9.80 Å². The second-order valence-corrected chi connectivity index (χ2v) is 6.41. The minimum Gasteiger partial charge on any atom is -0.315 e. The lowest BCUT2D eigenvalue weighted by Crippen LogP contribution is -2.34. The summed E-state index contributed by atoms with van der Waals surface area (Å²) in [5.41, 5.74) is 4.07. The minimum absolute atomic E-state index is 0.0121. The summed E-state index contributed by atoms with van der Waals surface area (Å²) in [6, 6.07) is 15.5. The first kappa shape index (κ1) is 16.2. The van der Waals surface area contributed by atoms with E-state index in [0.717, 1.165) is 16.9 Å². The summed E-state index contributed by atoms with van der Waals surface area (Å²) >= 11 is 0. The molecule has 1 saturated heterocycles. The Balaban J connectivity index is 1.76. The normalized spacial score (nSPS) is 17.2. The first-order valence-corrected chi connectivity index (χ1v) is 8.17. The SMILES string of the molecule is Cc1ccc(N2CC(C(=O)N(C)c3ccccc3)CC2=O)cc1C. The van der Waals surface area contributed by atoms with Crippen LogP contribution in [0.2, 0.25) is 0 Å². The van der Waals surface area contributed by atoms with Gasteiger partial charge < -0.3 is 9.80 Å². The molecular formula is C20H22N2O2. The third-order valence-corrected chi connectivity index (χ3v) is 4.75. The average molecular weight is 322 g/mol. The molecule has 1 aliphatic rings. The van der Waals surface area contributed by atoms with E-state index in [1.54, 1.807) is 16.8 Å². The average Bonchev–Trinajstić information content (AvgIpc) is 2.98. The minimum atomic E-state index is -0.302. The largest absolute Gasteiger partial charge is 0.315 e. The predicted octanol–water partition coefficient (Wildman–Crippen LogP) is 3.32. The van der Waals surface area contributed by atoms with E-state index in [9.17, 15) is 9.59 Å². The molecule has 0 saturated carbocycles. The van der Waals surface area contributed by atoms with Crippen LogP contribution in [0.15, 0.2) is 48.5 Å². The summed E-state index contributed by atoms with van der Waals surface area (Å²) in [6.45, 7) is 4.52. The maximum absolute atomic E-state index is 12.7. The Hall–Kier alpha value is -2.62. The molecule has 0 radical (unpaired) electrons. The van der Waals surface area contributed by atoms with Gasteiger partial charge in [-0.1, -0.05) is 24.3 Å². The van der Waals surface area contributed by atoms with E-state index in [0.29, 0.717) is 6.54 Å². The number of rotatable bonds is 3. The first-order valence-electron chi connectivity index (χ1n) is 8.17. The van der Waals surface area contributed by atoms with Crippen LogP contribution in [0.25, 0.3) is 0 Å². The standard InChI is InChI=1S/C20H22N2O2/c1-14-9-10-18(11-15(14)2)22-13-16(12-19(22)23)20(24)21(3)17-7-5-4-6-8-17/h4-11,16H,12-13H2,1-3H3. The highest BCUT2D eigenvalue weighted by Crippen LogP contribution is 2.28. The zero-order chi connectivity index (χ0) is 17.3. The molecule has 1 heterocycles. The fourth-order valence-corrected chi connectivity index (χ4v) is 3.07. The van der Waals surface area contributed by atoms with E-state index in [2.05, 4.69) is 0 Å². The summed E-state index contributed by atoms with van der Waals surface area (Å²) in [5.74, 6) is -0.303. The van der Waals surface area contributed by atoms with Crippen molar-refractivity contribution >= 4 is 23.2 Å². The maximum atomic E-state index is 12.7. The third kappa shape index (κ3) is 3.04. The molecule has 0 N–H and O–H groups in total. The van der Waals surface area contributed by atoms with Gasteiger partial charge in [0.15, 0.2) is 0 Å². The molecule has 0 aliphatic carbocycles. The molecule has 4 nitrogen and oxygen atoms in total. The number of carbonyl (C=O) groups is 2. The Labute approximate surface area is 142 Å². The van der Waals surface area contributed by atoms with Crippen LogP contribution in [0.1, 0.15) is 17.5 Å². The van der Waals surface area contributed by atoms with E-state index in [1.807, 2.05) is 62.4 Å². The number of para-hydroxylation sites is 1. The Morgan fingerprint density at radius 2 is 1.79 bits per heavy atom. The Bertz CT molecular complexity index is 770. The van der Waals surface area contributed by atoms with E-state index < -0.39 is 0 Å². The highest BCUT2D eigenvalue weighted by molar-refractivity contribution is 6.04. The second kappa shape index (κ2) is 6.48. The Kier molecular flexibility index (Phi) is 4.38. The lowest BCUT2D eigenvalue weighted by molar-refractivity contribution is -0.124. The van der Waals surface area contributed by atoms with Crippen molar-refractivity contribution in [3.8, 4) is 0 Å². The predicted molar refractivity (Wildman–Crippen MR) is 96.2 cm³/mol. The summed E-state index contributed by atoms with van der Waals surface area (Å²) in [6.07, 6.45) is 0.267. The molecule has 2 aromatic rings. The van der Waals surface area contributed by atoms with Gasteiger partial charge in [-0.15, -0.1) is 0 Å². The van der Waals surface area contributed by atoms with Gasteiger partial charge in [0.1, 0.15) is 0 Å². The van der Waals surface area contributed by atoms with Crippen LogP contribution in [0.3, 0.4) is 0 Å². The monoisotopic (exact) mass is 322 g/mol. The van der Waals surface area contributed by atoms with Crippen molar-refractivity contribution in [3.05, 3.63) is 59.7 Å². The van der Waals surface area contributed by atoms with Crippen molar-refractivity contribution in [1.82, 2.24) is 0 Å². The number of anilines is 2. The molecule has 2 amide bonds. The van der Waals surface area contributed by atoms with Gasteiger partial charge >= 0.3 is 0 Å². The van der Waals surface area contributed by atoms with E-state index >= 15 is 0 Å². The number of aryl methyl sites for hydroxylation is 2. The summed E-state index contributed by atoms with van der Waals surface area (Å²) < 4.78 is 0. The molecular weight excluding hydrogens is 300 g/mol. The van der Waals surface area contributed by atoms with Crippen molar-refractivity contribution in [3.63, 3.8) is 0 Å². The van der Waals surface area contributed by atoms with Gasteiger partial charge in [0, 0.05) is 31.4 Å². The number of hydrogen-bond acceptors (Lipinski definition) is 2. The van der Waals surface area contributed by atoms with Crippen LogP contribution >= 0.6 is 0 Å².